The highest BCUT2D eigenvalue weighted by Gasteiger charge is 2.49. The number of likely N-dealkylation sites (tertiary alicyclic amines) is 1. The average molecular weight is 503 g/mol. The first-order chi connectivity index (χ1) is 16.0. The van der Waals surface area contributed by atoms with Gasteiger partial charge in [0.25, 0.3) is 5.92 Å². The van der Waals surface area contributed by atoms with Gasteiger partial charge < -0.3 is 25.4 Å². The molecule has 0 saturated carbocycles. The number of nitrogens with one attached hydrogen (secondary N) is 3. The van der Waals surface area contributed by atoms with E-state index in [-0.39, 0.29) is 48.8 Å². The highest BCUT2D eigenvalue weighted by molar-refractivity contribution is 7.22. The summed E-state index contributed by atoms with van der Waals surface area (Å²) in [7, 11) is 0. The molecule has 3 aliphatic heterocycles. The number of urea groups is 1. The molecule has 0 radical (unpaired) electrons. The molecule has 2 fully saturated rings. The van der Waals surface area contributed by atoms with Crippen LogP contribution in [0.25, 0.3) is 10.2 Å². The molecule has 2 unspecified atom stereocenters. The molecule has 1 aromatic heterocycles. The van der Waals surface area contributed by atoms with Crippen LogP contribution in [0.5, 0.6) is 11.5 Å². The van der Waals surface area contributed by atoms with Crippen molar-refractivity contribution < 1.29 is 36.6 Å². The quantitative estimate of drug-likeness (QED) is 0.555. The van der Waals surface area contributed by atoms with Crippen LogP contribution in [0.15, 0.2) is 12.1 Å². The number of anilines is 1. The summed E-state index contributed by atoms with van der Waals surface area (Å²) in [5, 5.41) is 8.02. The fraction of sp³-hybridized carbons (Fsp3) is 0.550. The van der Waals surface area contributed by atoms with Gasteiger partial charge in [0, 0.05) is 56.6 Å². The molecule has 184 valence electrons. The van der Waals surface area contributed by atoms with E-state index in [0.29, 0.717) is 10.2 Å². The maximum absolute atomic E-state index is 14.7. The lowest BCUT2D eigenvalue weighted by Crippen LogP contribution is -2.59. The number of alkyl halides is 4. The molecule has 3 aliphatic rings. The van der Waals surface area contributed by atoms with Crippen LogP contribution in [0.1, 0.15) is 13.3 Å². The van der Waals surface area contributed by atoms with E-state index in [9.17, 15) is 27.2 Å². The minimum atomic E-state index is -3.74. The van der Waals surface area contributed by atoms with E-state index in [1.807, 2.05) is 0 Å². The topological polar surface area (TPSA) is 105 Å². The Morgan fingerprint density at radius 2 is 1.91 bits per heavy atom. The maximum atomic E-state index is 14.7. The molecule has 5 rings (SSSR count). The lowest BCUT2D eigenvalue weighted by molar-refractivity contribution is -0.286. The lowest BCUT2D eigenvalue weighted by Gasteiger charge is -2.44. The molecular weight excluding hydrogens is 482 g/mol. The molecule has 0 aliphatic carbocycles. The average Bonchev–Trinajstić information content (AvgIpc) is 3.28. The van der Waals surface area contributed by atoms with Gasteiger partial charge in [0.05, 0.1) is 16.3 Å². The molecule has 0 spiro atoms. The number of carbonyl (C=O) groups is 2. The van der Waals surface area contributed by atoms with Crippen molar-refractivity contribution in [2.24, 2.45) is 11.8 Å². The number of ether oxygens (including phenoxy) is 2. The minimum absolute atomic E-state index is 0.000736. The molecule has 1 aromatic carbocycles. The highest BCUT2D eigenvalue weighted by Crippen LogP contribution is 2.45. The SMILES string of the molecule is CC(C(=O)Nc1nc2cc3c(cc2s1)OC(F)(F)O3)N1CCC(F)(F)C(C2CNC(=O)NC2)C1. The molecule has 4 heterocycles. The first-order valence-corrected chi connectivity index (χ1v) is 11.5. The number of thiazole rings is 1. The number of halogens is 4. The van der Waals surface area contributed by atoms with Gasteiger partial charge >= 0.3 is 12.3 Å². The van der Waals surface area contributed by atoms with E-state index in [0.717, 1.165) is 11.3 Å². The molecule has 2 atom stereocenters. The van der Waals surface area contributed by atoms with Gasteiger partial charge in [-0.1, -0.05) is 11.3 Å². The van der Waals surface area contributed by atoms with Crippen molar-refractivity contribution in [3.63, 3.8) is 0 Å². The third kappa shape index (κ3) is 4.31. The Morgan fingerprint density at radius 1 is 1.24 bits per heavy atom. The van der Waals surface area contributed by atoms with Gasteiger partial charge in [-0.25, -0.2) is 18.6 Å². The van der Waals surface area contributed by atoms with Crippen LogP contribution in [-0.4, -0.2) is 66.3 Å². The maximum Gasteiger partial charge on any atom is 0.586 e. The van der Waals surface area contributed by atoms with Gasteiger partial charge in [-0.05, 0) is 6.92 Å². The van der Waals surface area contributed by atoms with Crippen LogP contribution < -0.4 is 25.4 Å². The Labute approximate surface area is 194 Å². The first-order valence-electron chi connectivity index (χ1n) is 10.7. The van der Waals surface area contributed by atoms with Gasteiger partial charge in [0.1, 0.15) is 0 Å². The van der Waals surface area contributed by atoms with Crippen molar-refractivity contribution in [1.82, 2.24) is 20.5 Å². The van der Waals surface area contributed by atoms with Crippen molar-refractivity contribution >= 4 is 38.6 Å². The number of piperidine rings is 1. The second-order valence-corrected chi connectivity index (χ2v) is 9.61. The Balaban J connectivity index is 1.26. The number of fused-ring (bicyclic) bond motifs is 2. The van der Waals surface area contributed by atoms with Gasteiger partial charge in [-0.2, -0.15) is 0 Å². The van der Waals surface area contributed by atoms with Crippen molar-refractivity contribution in [2.45, 2.75) is 31.6 Å². The molecule has 9 nitrogen and oxygen atoms in total. The smallest absolute Gasteiger partial charge is 0.395 e. The Kier molecular flexibility index (Phi) is 5.47. The van der Waals surface area contributed by atoms with E-state index in [1.54, 1.807) is 11.8 Å². The van der Waals surface area contributed by atoms with Crippen LogP contribution >= 0.6 is 11.3 Å². The molecule has 0 bridgehead atoms. The van der Waals surface area contributed by atoms with Crippen molar-refractivity contribution in [3.8, 4) is 11.5 Å². The lowest BCUT2D eigenvalue weighted by atomic mass is 9.81. The third-order valence-corrected chi connectivity index (χ3v) is 7.33. The number of benzene rings is 1. The Morgan fingerprint density at radius 3 is 2.62 bits per heavy atom. The minimum Gasteiger partial charge on any atom is -0.395 e. The summed E-state index contributed by atoms with van der Waals surface area (Å²) in [6.07, 6.45) is -4.13. The molecule has 34 heavy (non-hydrogen) atoms. The summed E-state index contributed by atoms with van der Waals surface area (Å²) in [5.41, 5.74) is 0.345. The first kappa shape index (κ1) is 22.9. The third-order valence-electron chi connectivity index (χ3n) is 6.39. The molecule has 3 amide bonds. The van der Waals surface area contributed by atoms with E-state index in [4.69, 9.17) is 0 Å². The van der Waals surface area contributed by atoms with Gasteiger partial charge in [-0.3, -0.25) is 9.69 Å². The van der Waals surface area contributed by atoms with Crippen LogP contribution in [0, 0.1) is 11.8 Å². The van der Waals surface area contributed by atoms with Gasteiger partial charge in [0.2, 0.25) is 5.91 Å². The van der Waals surface area contributed by atoms with Crippen molar-refractivity contribution in [3.05, 3.63) is 12.1 Å². The summed E-state index contributed by atoms with van der Waals surface area (Å²) >= 11 is 1.07. The molecule has 2 aromatic rings. The van der Waals surface area contributed by atoms with E-state index in [2.05, 4.69) is 30.4 Å². The number of hydrogen-bond donors (Lipinski definition) is 3. The largest absolute Gasteiger partial charge is 0.586 e. The van der Waals surface area contributed by atoms with Crippen molar-refractivity contribution in [1.29, 1.82) is 0 Å². The fourth-order valence-corrected chi connectivity index (χ4v) is 5.35. The summed E-state index contributed by atoms with van der Waals surface area (Å²) in [5.74, 6) is -5.09. The zero-order chi connectivity index (χ0) is 24.3. The van der Waals surface area contributed by atoms with Crippen LogP contribution in [0.2, 0.25) is 0 Å². The number of aromatic nitrogens is 1. The molecule has 2 saturated heterocycles. The van der Waals surface area contributed by atoms with Crippen LogP contribution in [-0.2, 0) is 4.79 Å². The van der Waals surface area contributed by atoms with Crippen LogP contribution in [0.4, 0.5) is 27.5 Å². The Bertz CT molecular complexity index is 1090. The summed E-state index contributed by atoms with van der Waals surface area (Å²) in [4.78, 5) is 30.1. The van der Waals surface area contributed by atoms with E-state index in [1.165, 1.54) is 12.1 Å². The van der Waals surface area contributed by atoms with Gasteiger partial charge in [-0.15, -0.1) is 8.78 Å². The van der Waals surface area contributed by atoms with E-state index < -0.39 is 42.4 Å². The Hall–Kier alpha value is -2.87. The normalized spacial score (nSPS) is 25.0. The molecule has 14 heteroatoms. The number of rotatable bonds is 4. The number of amides is 3. The second kappa shape index (κ2) is 8.12. The zero-order valence-electron chi connectivity index (χ0n) is 17.9. The number of carbonyl (C=O) groups excluding carboxylic acids is 2. The monoisotopic (exact) mass is 503 g/mol. The second-order valence-electron chi connectivity index (χ2n) is 8.58. The van der Waals surface area contributed by atoms with Crippen LogP contribution in [0.3, 0.4) is 0 Å². The number of nitrogens with zero attached hydrogens (tertiary/aromatic N) is 2. The highest BCUT2D eigenvalue weighted by atomic mass is 32.1. The summed E-state index contributed by atoms with van der Waals surface area (Å²) in [6.45, 7) is 1.97. The summed E-state index contributed by atoms with van der Waals surface area (Å²) in [6, 6.07) is 1.56. The summed E-state index contributed by atoms with van der Waals surface area (Å²) < 4.78 is 65.1. The predicted molar refractivity (Wildman–Crippen MR) is 113 cm³/mol. The fourth-order valence-electron chi connectivity index (χ4n) is 4.47. The molecule has 3 N–H and O–H groups in total. The molecular formula is C20H21F4N5O4S. The van der Waals surface area contributed by atoms with E-state index >= 15 is 0 Å². The van der Waals surface area contributed by atoms with Gasteiger partial charge in [0.15, 0.2) is 16.6 Å². The van der Waals surface area contributed by atoms with Crippen molar-refractivity contribution in [2.75, 3.05) is 31.5 Å². The standard InChI is InChI=1S/C20H21F4N5O4S/c1-9(29-3-2-19(21,22)11(8-29)10-6-25-17(31)26-7-10)16(30)28-18-27-12-4-13-14(5-15(12)34-18)33-20(23,24)32-13/h4-5,9-11H,2-3,6-8H2,1H3,(H2,25,26,31)(H,27,28,30). The zero-order valence-corrected chi connectivity index (χ0v) is 18.7. The predicted octanol–water partition coefficient (Wildman–Crippen LogP) is 2.83. The number of hydrogen-bond acceptors (Lipinski definition) is 7.